The number of ether oxygens (including phenoxy) is 1. The number of esters is 1. The number of halogens is 1. The molecule has 2 aromatic rings. The molecule has 1 aliphatic rings. The van der Waals surface area contributed by atoms with E-state index < -0.39 is 17.8 Å². The van der Waals surface area contributed by atoms with Gasteiger partial charge in [-0.25, -0.2) is 9.69 Å². The Balaban J connectivity index is 1.64. The lowest BCUT2D eigenvalue weighted by molar-refractivity contribution is 0.0497. The Morgan fingerprint density at radius 1 is 0.931 bits per heavy atom. The molecule has 0 radical (unpaired) electrons. The monoisotopic (exact) mass is 413 g/mol. The first kappa shape index (κ1) is 21.1. The van der Waals surface area contributed by atoms with E-state index in [4.69, 9.17) is 16.3 Å². The second-order valence-corrected chi connectivity index (χ2v) is 7.53. The smallest absolute Gasteiger partial charge is 0.338 e. The normalized spacial score (nSPS) is 13.0. The second-order valence-electron chi connectivity index (χ2n) is 7.09. The first-order valence-corrected chi connectivity index (χ1v) is 10.4. The van der Waals surface area contributed by atoms with Crippen molar-refractivity contribution >= 4 is 35.1 Å². The standard InChI is InChI=1S/C23H24ClNO4/c1-2-3-4-5-6-7-13-29-23(28)16-11-12-19-20(14-16)22(27)25(21(19)26)18-10-8-9-17(24)15-18/h8-12,14-15H,2-7,13H2,1H3. The number of unbranched alkanes of at least 4 members (excludes halogenated alkanes) is 5. The molecular formula is C23H24ClNO4. The van der Waals surface area contributed by atoms with E-state index in [0.29, 0.717) is 17.3 Å². The van der Waals surface area contributed by atoms with Crippen molar-refractivity contribution in [3.8, 4) is 0 Å². The highest BCUT2D eigenvalue weighted by atomic mass is 35.5. The molecule has 1 aliphatic heterocycles. The lowest BCUT2D eigenvalue weighted by Crippen LogP contribution is -2.29. The number of amides is 2. The van der Waals surface area contributed by atoms with Crippen molar-refractivity contribution in [1.82, 2.24) is 0 Å². The van der Waals surface area contributed by atoms with Crippen molar-refractivity contribution in [2.45, 2.75) is 45.4 Å². The first-order chi connectivity index (χ1) is 14.0. The molecule has 0 spiro atoms. The van der Waals surface area contributed by atoms with Crippen LogP contribution in [0, 0.1) is 0 Å². The number of benzene rings is 2. The Bertz CT molecular complexity index is 925. The fourth-order valence-electron chi connectivity index (χ4n) is 3.35. The van der Waals surface area contributed by atoms with Crippen LogP contribution in [-0.2, 0) is 4.74 Å². The molecule has 2 amide bonds. The number of carbonyl (C=O) groups excluding carboxylic acids is 3. The van der Waals surface area contributed by atoms with Gasteiger partial charge in [-0.1, -0.05) is 56.7 Å². The van der Waals surface area contributed by atoms with Crippen molar-refractivity contribution in [2.75, 3.05) is 11.5 Å². The Labute approximate surface area is 175 Å². The van der Waals surface area contributed by atoms with Crippen LogP contribution in [0.15, 0.2) is 42.5 Å². The first-order valence-electron chi connectivity index (χ1n) is 9.98. The van der Waals surface area contributed by atoms with Gasteiger partial charge in [-0.05, 0) is 42.8 Å². The summed E-state index contributed by atoms with van der Waals surface area (Å²) < 4.78 is 5.32. The summed E-state index contributed by atoms with van der Waals surface area (Å²) in [5, 5.41) is 0.429. The van der Waals surface area contributed by atoms with Gasteiger partial charge in [-0.2, -0.15) is 0 Å². The van der Waals surface area contributed by atoms with Gasteiger partial charge in [0.25, 0.3) is 11.8 Å². The van der Waals surface area contributed by atoms with E-state index in [1.54, 1.807) is 24.3 Å². The van der Waals surface area contributed by atoms with Gasteiger partial charge >= 0.3 is 5.97 Å². The van der Waals surface area contributed by atoms with Crippen LogP contribution in [0.2, 0.25) is 5.02 Å². The summed E-state index contributed by atoms with van der Waals surface area (Å²) >= 11 is 5.98. The molecule has 0 aromatic heterocycles. The third-order valence-electron chi connectivity index (χ3n) is 4.92. The van der Waals surface area contributed by atoms with Crippen molar-refractivity contribution < 1.29 is 19.1 Å². The molecule has 6 heteroatoms. The van der Waals surface area contributed by atoms with Gasteiger partial charge in [0.2, 0.25) is 0 Å². The molecule has 0 saturated carbocycles. The molecule has 0 unspecified atom stereocenters. The maximum Gasteiger partial charge on any atom is 0.338 e. The Morgan fingerprint density at radius 3 is 2.41 bits per heavy atom. The number of anilines is 1. The Kier molecular flexibility index (Phi) is 7.04. The maximum atomic E-state index is 12.8. The lowest BCUT2D eigenvalue weighted by Gasteiger charge is -2.13. The minimum absolute atomic E-state index is 0.198. The van der Waals surface area contributed by atoms with Crippen LogP contribution in [0.1, 0.15) is 76.5 Å². The minimum Gasteiger partial charge on any atom is -0.462 e. The lowest BCUT2D eigenvalue weighted by atomic mass is 10.1. The van der Waals surface area contributed by atoms with Crippen molar-refractivity contribution in [3.05, 3.63) is 64.2 Å². The summed E-state index contributed by atoms with van der Waals surface area (Å²) in [6, 6.07) is 11.0. The van der Waals surface area contributed by atoms with E-state index >= 15 is 0 Å². The van der Waals surface area contributed by atoms with E-state index in [-0.39, 0.29) is 16.7 Å². The summed E-state index contributed by atoms with van der Waals surface area (Å²) in [6.07, 6.45) is 6.62. The topological polar surface area (TPSA) is 63.7 Å². The van der Waals surface area contributed by atoms with Crippen molar-refractivity contribution in [1.29, 1.82) is 0 Å². The minimum atomic E-state index is -0.484. The molecule has 152 valence electrons. The Morgan fingerprint density at radius 2 is 1.66 bits per heavy atom. The van der Waals surface area contributed by atoms with E-state index in [0.717, 1.165) is 24.2 Å². The molecule has 29 heavy (non-hydrogen) atoms. The van der Waals surface area contributed by atoms with Crippen molar-refractivity contribution in [2.24, 2.45) is 0 Å². The maximum absolute atomic E-state index is 12.8. The van der Waals surface area contributed by atoms with Crippen LogP contribution in [0.4, 0.5) is 5.69 Å². The van der Waals surface area contributed by atoms with Gasteiger partial charge in [-0.15, -0.1) is 0 Å². The van der Waals surface area contributed by atoms with Crippen LogP contribution >= 0.6 is 11.6 Å². The summed E-state index contributed by atoms with van der Waals surface area (Å²) in [4.78, 5) is 38.8. The summed E-state index contributed by atoms with van der Waals surface area (Å²) in [5.41, 5.74) is 1.13. The molecule has 0 atom stereocenters. The van der Waals surface area contributed by atoms with Gasteiger partial charge < -0.3 is 4.74 Å². The highest BCUT2D eigenvalue weighted by Gasteiger charge is 2.37. The van der Waals surface area contributed by atoms with Gasteiger partial charge in [0, 0.05) is 5.02 Å². The molecule has 0 bridgehead atoms. The number of rotatable bonds is 9. The quantitative estimate of drug-likeness (QED) is 0.302. The van der Waals surface area contributed by atoms with Gasteiger partial charge in [-0.3, -0.25) is 9.59 Å². The molecule has 0 N–H and O–H groups in total. The SMILES string of the molecule is CCCCCCCCOC(=O)c1ccc2c(c1)C(=O)N(c1cccc(Cl)c1)C2=O. The summed E-state index contributed by atoms with van der Waals surface area (Å²) in [6.45, 7) is 2.52. The van der Waals surface area contributed by atoms with E-state index in [9.17, 15) is 14.4 Å². The summed E-state index contributed by atoms with van der Waals surface area (Å²) in [5.74, 6) is -1.39. The average molecular weight is 414 g/mol. The molecule has 5 nitrogen and oxygen atoms in total. The fourth-order valence-corrected chi connectivity index (χ4v) is 3.53. The van der Waals surface area contributed by atoms with Crippen LogP contribution in [0.5, 0.6) is 0 Å². The zero-order chi connectivity index (χ0) is 20.8. The highest BCUT2D eigenvalue weighted by molar-refractivity contribution is 6.35. The molecule has 0 fully saturated rings. The predicted molar refractivity (Wildman–Crippen MR) is 113 cm³/mol. The Hall–Kier alpha value is -2.66. The highest BCUT2D eigenvalue weighted by Crippen LogP contribution is 2.30. The molecule has 2 aromatic carbocycles. The second kappa shape index (κ2) is 9.70. The summed E-state index contributed by atoms with van der Waals surface area (Å²) in [7, 11) is 0. The van der Waals surface area contributed by atoms with Crippen LogP contribution < -0.4 is 4.90 Å². The van der Waals surface area contributed by atoms with E-state index in [1.165, 1.54) is 37.5 Å². The molecular weight excluding hydrogens is 390 g/mol. The van der Waals surface area contributed by atoms with Crippen LogP contribution in [-0.4, -0.2) is 24.4 Å². The molecule has 1 heterocycles. The van der Waals surface area contributed by atoms with Gasteiger partial charge in [0.15, 0.2) is 0 Å². The fraction of sp³-hybridized carbons (Fsp3) is 0.348. The number of imide groups is 1. The number of nitrogens with zero attached hydrogens (tertiary/aromatic N) is 1. The van der Waals surface area contributed by atoms with Gasteiger partial charge in [0.05, 0.1) is 29.0 Å². The molecule has 0 saturated heterocycles. The third-order valence-corrected chi connectivity index (χ3v) is 5.15. The number of hydrogen-bond acceptors (Lipinski definition) is 4. The number of carbonyl (C=O) groups is 3. The van der Waals surface area contributed by atoms with Gasteiger partial charge in [0.1, 0.15) is 0 Å². The third kappa shape index (κ3) is 4.85. The van der Waals surface area contributed by atoms with Crippen molar-refractivity contribution in [3.63, 3.8) is 0 Å². The molecule has 3 rings (SSSR count). The predicted octanol–water partition coefficient (Wildman–Crippen LogP) is 5.66. The largest absolute Gasteiger partial charge is 0.462 e. The zero-order valence-corrected chi connectivity index (χ0v) is 17.2. The average Bonchev–Trinajstić information content (AvgIpc) is 2.97. The molecule has 0 aliphatic carbocycles. The number of hydrogen-bond donors (Lipinski definition) is 0. The van der Waals surface area contributed by atoms with Crippen LogP contribution in [0.25, 0.3) is 0 Å². The van der Waals surface area contributed by atoms with E-state index in [2.05, 4.69) is 6.92 Å². The zero-order valence-electron chi connectivity index (χ0n) is 16.4. The number of fused-ring (bicyclic) bond motifs is 1. The van der Waals surface area contributed by atoms with Crippen LogP contribution in [0.3, 0.4) is 0 Å². The van der Waals surface area contributed by atoms with E-state index in [1.807, 2.05) is 0 Å².